The van der Waals surface area contributed by atoms with Crippen LogP contribution in [0.3, 0.4) is 0 Å². The maximum atomic E-state index is 12.6. The number of hydrogen-bond acceptors (Lipinski definition) is 5. The maximum Gasteiger partial charge on any atom is 0.243 e. The number of benzene rings is 1. The van der Waals surface area contributed by atoms with E-state index in [-0.39, 0.29) is 12.5 Å². The molecule has 0 saturated carbocycles. The van der Waals surface area contributed by atoms with Gasteiger partial charge in [0.25, 0.3) is 0 Å². The lowest BCUT2D eigenvalue weighted by Gasteiger charge is -2.14. The number of nitrogens with zero attached hydrogens (tertiary/aromatic N) is 2. The Morgan fingerprint density at radius 1 is 1.11 bits per heavy atom. The number of carbonyl (C=O) groups is 1. The number of anilines is 2. The first-order valence-electron chi connectivity index (χ1n) is 9.33. The fraction of sp³-hybridized carbons (Fsp3) is 0.381. The van der Waals surface area contributed by atoms with Gasteiger partial charge in [-0.05, 0) is 63.6 Å². The molecule has 1 aromatic carbocycles. The maximum absolute atomic E-state index is 12.6. The standard InChI is InChI=1S/C21H24N4OS/c1-11-8-12(2)19(13(3)9-11)25-17(26)10-22-20-18-15-6-5-7-16(15)27-21(18)24-14(4)23-20/h8-9H,5-7,10H2,1-4H3,(H,25,26)(H,22,23,24). The molecule has 6 heteroatoms. The lowest BCUT2D eigenvalue weighted by Crippen LogP contribution is -2.23. The van der Waals surface area contributed by atoms with Crippen LogP contribution in [0.5, 0.6) is 0 Å². The Hall–Kier alpha value is -2.47. The molecule has 1 aliphatic rings. The van der Waals surface area contributed by atoms with Crippen molar-refractivity contribution in [3.05, 3.63) is 45.1 Å². The molecule has 27 heavy (non-hydrogen) atoms. The Morgan fingerprint density at radius 2 is 1.85 bits per heavy atom. The van der Waals surface area contributed by atoms with Gasteiger partial charge in [0.15, 0.2) is 0 Å². The third kappa shape index (κ3) is 3.41. The molecule has 3 aromatic rings. The predicted octanol–water partition coefficient (Wildman–Crippen LogP) is 4.46. The van der Waals surface area contributed by atoms with Gasteiger partial charge in [0.1, 0.15) is 16.5 Å². The second-order valence-corrected chi connectivity index (χ2v) is 8.42. The zero-order valence-corrected chi connectivity index (χ0v) is 17.0. The Balaban J connectivity index is 1.55. The quantitative estimate of drug-likeness (QED) is 0.701. The van der Waals surface area contributed by atoms with Gasteiger partial charge in [0, 0.05) is 10.6 Å². The SMILES string of the molecule is Cc1cc(C)c(NC(=O)CNc2nc(C)nc3sc4c(c23)CCC4)c(C)c1. The normalized spacial score (nSPS) is 13.0. The van der Waals surface area contributed by atoms with E-state index in [1.54, 1.807) is 11.3 Å². The molecule has 0 atom stereocenters. The molecule has 4 rings (SSSR count). The van der Waals surface area contributed by atoms with Crippen molar-refractivity contribution in [2.45, 2.75) is 47.0 Å². The summed E-state index contributed by atoms with van der Waals surface area (Å²) in [6.07, 6.45) is 3.39. The molecule has 1 amide bonds. The number of aryl methyl sites for hydroxylation is 6. The minimum absolute atomic E-state index is 0.0682. The Bertz CT molecular complexity index is 1030. The van der Waals surface area contributed by atoms with Crippen LogP contribution >= 0.6 is 11.3 Å². The van der Waals surface area contributed by atoms with E-state index in [1.807, 2.05) is 20.8 Å². The first kappa shape index (κ1) is 17.9. The zero-order valence-electron chi connectivity index (χ0n) is 16.2. The first-order chi connectivity index (χ1) is 12.9. The number of thiophene rings is 1. The van der Waals surface area contributed by atoms with E-state index in [4.69, 9.17) is 0 Å². The van der Waals surface area contributed by atoms with E-state index in [2.05, 4.69) is 39.7 Å². The van der Waals surface area contributed by atoms with Crippen molar-refractivity contribution in [3.8, 4) is 0 Å². The molecule has 2 N–H and O–H groups in total. The highest BCUT2D eigenvalue weighted by molar-refractivity contribution is 7.19. The summed E-state index contributed by atoms with van der Waals surface area (Å²) in [6.45, 7) is 8.19. The van der Waals surface area contributed by atoms with Gasteiger partial charge >= 0.3 is 0 Å². The van der Waals surface area contributed by atoms with Crippen molar-refractivity contribution in [3.63, 3.8) is 0 Å². The average molecular weight is 381 g/mol. The van der Waals surface area contributed by atoms with E-state index < -0.39 is 0 Å². The Kier molecular flexibility index (Phi) is 4.60. The van der Waals surface area contributed by atoms with Gasteiger partial charge in [-0.1, -0.05) is 17.7 Å². The van der Waals surface area contributed by atoms with Crippen LogP contribution in [0.25, 0.3) is 10.2 Å². The van der Waals surface area contributed by atoms with Crippen LogP contribution in [0, 0.1) is 27.7 Å². The van der Waals surface area contributed by atoms with Crippen LogP contribution in [-0.4, -0.2) is 22.4 Å². The molecule has 0 unspecified atom stereocenters. The molecule has 0 bridgehead atoms. The fourth-order valence-electron chi connectivity index (χ4n) is 3.96. The minimum atomic E-state index is -0.0682. The number of aromatic nitrogens is 2. The van der Waals surface area contributed by atoms with Gasteiger partial charge < -0.3 is 10.6 Å². The number of rotatable bonds is 4. The smallest absolute Gasteiger partial charge is 0.243 e. The van der Waals surface area contributed by atoms with Crippen LogP contribution in [0.1, 0.15) is 39.4 Å². The third-order valence-corrected chi connectivity index (χ3v) is 6.22. The molecular formula is C21H24N4OS. The van der Waals surface area contributed by atoms with Gasteiger partial charge in [-0.25, -0.2) is 9.97 Å². The Morgan fingerprint density at radius 3 is 2.59 bits per heavy atom. The molecule has 0 radical (unpaired) electrons. The topological polar surface area (TPSA) is 66.9 Å². The summed E-state index contributed by atoms with van der Waals surface area (Å²) < 4.78 is 0. The van der Waals surface area contributed by atoms with Gasteiger partial charge in [-0.3, -0.25) is 4.79 Å². The highest BCUT2D eigenvalue weighted by atomic mass is 32.1. The van der Waals surface area contributed by atoms with E-state index in [9.17, 15) is 4.79 Å². The van der Waals surface area contributed by atoms with Gasteiger partial charge in [0.05, 0.1) is 11.9 Å². The van der Waals surface area contributed by atoms with E-state index in [1.165, 1.54) is 22.4 Å². The van der Waals surface area contributed by atoms with Crippen molar-refractivity contribution < 1.29 is 4.79 Å². The molecule has 0 aliphatic heterocycles. The molecule has 2 heterocycles. The second kappa shape index (κ2) is 6.93. The number of nitrogens with one attached hydrogen (secondary N) is 2. The predicted molar refractivity (Wildman–Crippen MR) is 112 cm³/mol. The summed E-state index contributed by atoms with van der Waals surface area (Å²) in [5.74, 6) is 1.45. The third-order valence-electron chi connectivity index (χ3n) is 5.03. The van der Waals surface area contributed by atoms with Crippen molar-refractivity contribution in [2.24, 2.45) is 0 Å². The summed E-state index contributed by atoms with van der Waals surface area (Å²) in [7, 11) is 0. The number of hydrogen-bond donors (Lipinski definition) is 2. The summed E-state index contributed by atoms with van der Waals surface area (Å²) >= 11 is 1.77. The van der Waals surface area contributed by atoms with Crippen LogP contribution in [-0.2, 0) is 17.6 Å². The molecular weight excluding hydrogens is 356 g/mol. The number of carbonyl (C=O) groups excluding carboxylic acids is 1. The van der Waals surface area contributed by atoms with Crippen molar-refractivity contribution in [1.82, 2.24) is 9.97 Å². The van der Waals surface area contributed by atoms with Crippen LogP contribution < -0.4 is 10.6 Å². The van der Waals surface area contributed by atoms with Crippen molar-refractivity contribution in [1.29, 1.82) is 0 Å². The molecule has 0 fully saturated rings. The fourth-order valence-corrected chi connectivity index (χ4v) is 5.26. The Labute approximate surface area is 163 Å². The highest BCUT2D eigenvalue weighted by Gasteiger charge is 2.22. The summed E-state index contributed by atoms with van der Waals surface area (Å²) in [6, 6.07) is 4.17. The summed E-state index contributed by atoms with van der Waals surface area (Å²) in [4.78, 5) is 24.2. The molecule has 1 aliphatic carbocycles. The first-order valence-corrected chi connectivity index (χ1v) is 10.1. The second-order valence-electron chi connectivity index (χ2n) is 7.33. The molecule has 2 aromatic heterocycles. The van der Waals surface area contributed by atoms with E-state index >= 15 is 0 Å². The van der Waals surface area contributed by atoms with Gasteiger partial charge in [-0.2, -0.15) is 0 Å². The lowest BCUT2D eigenvalue weighted by molar-refractivity contribution is -0.114. The van der Waals surface area contributed by atoms with Crippen LogP contribution in [0.15, 0.2) is 12.1 Å². The summed E-state index contributed by atoms with van der Waals surface area (Å²) in [5, 5.41) is 7.41. The molecule has 0 saturated heterocycles. The monoisotopic (exact) mass is 380 g/mol. The highest BCUT2D eigenvalue weighted by Crippen LogP contribution is 2.39. The van der Waals surface area contributed by atoms with Crippen LogP contribution in [0.4, 0.5) is 11.5 Å². The van der Waals surface area contributed by atoms with Crippen molar-refractivity contribution >= 4 is 39.0 Å². The molecule has 0 spiro atoms. The van der Waals surface area contributed by atoms with E-state index in [0.29, 0.717) is 0 Å². The van der Waals surface area contributed by atoms with Gasteiger partial charge in [-0.15, -0.1) is 11.3 Å². The molecule has 5 nitrogen and oxygen atoms in total. The van der Waals surface area contributed by atoms with Crippen molar-refractivity contribution in [2.75, 3.05) is 17.2 Å². The minimum Gasteiger partial charge on any atom is -0.360 e. The largest absolute Gasteiger partial charge is 0.360 e. The number of amides is 1. The number of fused-ring (bicyclic) bond motifs is 3. The lowest BCUT2D eigenvalue weighted by atomic mass is 10.1. The molecule has 140 valence electrons. The average Bonchev–Trinajstić information content (AvgIpc) is 3.16. The van der Waals surface area contributed by atoms with E-state index in [0.717, 1.165) is 51.5 Å². The summed E-state index contributed by atoms with van der Waals surface area (Å²) in [5.41, 5.74) is 5.62. The zero-order chi connectivity index (χ0) is 19.1. The van der Waals surface area contributed by atoms with Gasteiger partial charge in [0.2, 0.25) is 5.91 Å². The van der Waals surface area contributed by atoms with Crippen LogP contribution in [0.2, 0.25) is 0 Å².